The molecule has 1 amide bonds. The van der Waals surface area contributed by atoms with Crippen LogP contribution in [0.2, 0.25) is 0 Å². The third-order valence-electron chi connectivity index (χ3n) is 3.57. The molecule has 126 valence electrons. The average Bonchev–Trinajstić information content (AvgIpc) is 3.20. The van der Waals surface area contributed by atoms with Crippen molar-refractivity contribution in [3.8, 4) is 17.3 Å². The number of pyridine rings is 1. The van der Waals surface area contributed by atoms with E-state index in [0.29, 0.717) is 28.8 Å². The fraction of sp³-hybridized carbons (Fsp3) is 0. The van der Waals surface area contributed by atoms with Gasteiger partial charge in [-0.05, 0) is 30.3 Å². The normalized spacial score (nSPS) is 10.5. The van der Waals surface area contributed by atoms with Crippen LogP contribution in [0.4, 0.5) is 5.82 Å². The fourth-order valence-electron chi connectivity index (χ4n) is 2.41. The highest BCUT2D eigenvalue weighted by Crippen LogP contribution is 2.15. The molecule has 0 spiro atoms. The van der Waals surface area contributed by atoms with Crippen LogP contribution in [-0.4, -0.2) is 35.4 Å². The van der Waals surface area contributed by atoms with E-state index >= 15 is 0 Å². The van der Waals surface area contributed by atoms with Crippen LogP contribution >= 0.6 is 0 Å². The highest BCUT2D eigenvalue weighted by molar-refractivity contribution is 6.03. The Kier molecular flexibility index (Phi) is 4.13. The maximum absolute atomic E-state index is 12.7. The van der Waals surface area contributed by atoms with E-state index in [-0.39, 0.29) is 5.91 Å². The van der Waals surface area contributed by atoms with Gasteiger partial charge < -0.3 is 5.32 Å². The molecule has 0 saturated heterocycles. The number of rotatable bonds is 4. The average molecular weight is 343 g/mol. The molecule has 0 radical (unpaired) electrons. The van der Waals surface area contributed by atoms with Gasteiger partial charge in [0.2, 0.25) is 0 Å². The van der Waals surface area contributed by atoms with Gasteiger partial charge in [-0.25, -0.2) is 15.0 Å². The van der Waals surface area contributed by atoms with E-state index in [4.69, 9.17) is 0 Å². The minimum absolute atomic E-state index is 0.314. The summed E-state index contributed by atoms with van der Waals surface area (Å²) in [7, 11) is 0. The van der Waals surface area contributed by atoms with Crippen molar-refractivity contribution in [2.45, 2.75) is 0 Å². The molecule has 0 fully saturated rings. The molecule has 26 heavy (non-hydrogen) atoms. The molecule has 4 heterocycles. The first kappa shape index (κ1) is 15.6. The Morgan fingerprint density at radius 2 is 1.88 bits per heavy atom. The number of carbonyl (C=O) groups is 1. The van der Waals surface area contributed by atoms with E-state index in [1.165, 1.54) is 0 Å². The number of amides is 1. The molecule has 0 saturated carbocycles. The SMILES string of the molecule is O=C(Nc1ccnc(-c2ccccn2)n1)c1cccn1-c1cnccn1. The lowest BCUT2D eigenvalue weighted by Crippen LogP contribution is -2.17. The van der Waals surface area contributed by atoms with Crippen molar-refractivity contribution >= 4 is 11.7 Å². The maximum atomic E-state index is 12.7. The second-order valence-corrected chi connectivity index (χ2v) is 5.26. The van der Waals surface area contributed by atoms with Gasteiger partial charge in [0.05, 0.1) is 6.20 Å². The molecule has 8 nitrogen and oxygen atoms in total. The highest BCUT2D eigenvalue weighted by Gasteiger charge is 2.14. The first-order valence-electron chi connectivity index (χ1n) is 7.81. The molecule has 0 aliphatic heterocycles. The van der Waals surface area contributed by atoms with Gasteiger partial charge in [-0.15, -0.1) is 0 Å². The van der Waals surface area contributed by atoms with Crippen LogP contribution in [0.25, 0.3) is 17.3 Å². The maximum Gasteiger partial charge on any atom is 0.273 e. The molecular weight excluding hydrogens is 330 g/mol. The van der Waals surface area contributed by atoms with Crippen molar-refractivity contribution in [2.24, 2.45) is 0 Å². The van der Waals surface area contributed by atoms with Crippen molar-refractivity contribution in [2.75, 3.05) is 5.32 Å². The topological polar surface area (TPSA) is 98.5 Å². The van der Waals surface area contributed by atoms with Gasteiger partial charge in [0.25, 0.3) is 5.91 Å². The Balaban J connectivity index is 1.60. The summed E-state index contributed by atoms with van der Waals surface area (Å²) in [6.45, 7) is 0. The van der Waals surface area contributed by atoms with E-state index in [0.717, 1.165) is 0 Å². The summed E-state index contributed by atoms with van der Waals surface area (Å²) < 4.78 is 1.66. The van der Waals surface area contributed by atoms with E-state index in [1.807, 2.05) is 12.1 Å². The van der Waals surface area contributed by atoms with E-state index in [1.54, 1.807) is 66.0 Å². The Morgan fingerprint density at radius 1 is 0.923 bits per heavy atom. The molecule has 0 bridgehead atoms. The molecule has 8 heteroatoms. The van der Waals surface area contributed by atoms with Crippen LogP contribution in [0, 0.1) is 0 Å². The van der Waals surface area contributed by atoms with Crippen LogP contribution in [0.3, 0.4) is 0 Å². The van der Waals surface area contributed by atoms with Gasteiger partial charge in [-0.3, -0.25) is 19.3 Å². The lowest BCUT2D eigenvalue weighted by molar-refractivity contribution is 0.102. The number of hydrogen-bond donors (Lipinski definition) is 1. The standard InChI is InChI=1S/C18H13N7O/c26-18(14-5-3-11-25(14)16-12-19-9-10-21-16)24-15-6-8-22-17(23-15)13-4-1-2-7-20-13/h1-12H,(H,22,23,24,26). The number of carbonyl (C=O) groups excluding carboxylic acids is 1. The first-order valence-corrected chi connectivity index (χ1v) is 7.81. The Hall–Kier alpha value is -3.94. The minimum Gasteiger partial charge on any atom is -0.305 e. The lowest BCUT2D eigenvalue weighted by Gasteiger charge is -2.09. The van der Waals surface area contributed by atoms with Crippen molar-refractivity contribution < 1.29 is 4.79 Å². The monoisotopic (exact) mass is 343 g/mol. The van der Waals surface area contributed by atoms with Crippen LogP contribution in [0.5, 0.6) is 0 Å². The van der Waals surface area contributed by atoms with Gasteiger partial charge in [0.1, 0.15) is 17.2 Å². The molecule has 0 aliphatic carbocycles. The van der Waals surface area contributed by atoms with Crippen LogP contribution in [0.15, 0.2) is 73.6 Å². The Labute approximate surface area is 148 Å². The predicted octanol–water partition coefficient (Wildman–Crippen LogP) is 2.37. The summed E-state index contributed by atoms with van der Waals surface area (Å²) in [5, 5.41) is 2.78. The molecule has 0 unspecified atom stereocenters. The van der Waals surface area contributed by atoms with Crippen LogP contribution in [-0.2, 0) is 0 Å². The second kappa shape index (κ2) is 6.89. The van der Waals surface area contributed by atoms with Crippen molar-refractivity contribution in [1.82, 2.24) is 29.5 Å². The van der Waals surface area contributed by atoms with Gasteiger partial charge in [-0.2, -0.15) is 0 Å². The number of nitrogens with zero attached hydrogens (tertiary/aromatic N) is 6. The molecule has 1 N–H and O–H groups in total. The Morgan fingerprint density at radius 3 is 2.69 bits per heavy atom. The zero-order valence-electron chi connectivity index (χ0n) is 13.5. The molecule has 4 aromatic heterocycles. The first-order chi connectivity index (χ1) is 12.8. The van der Waals surface area contributed by atoms with Crippen molar-refractivity contribution in [1.29, 1.82) is 0 Å². The van der Waals surface area contributed by atoms with E-state index in [2.05, 4.69) is 30.2 Å². The summed E-state index contributed by atoms with van der Waals surface area (Å²) >= 11 is 0. The van der Waals surface area contributed by atoms with E-state index < -0.39 is 0 Å². The molecular formula is C18H13N7O. The number of hydrogen-bond acceptors (Lipinski definition) is 6. The summed E-state index contributed by atoms with van der Waals surface area (Å²) in [5.74, 6) is 1.07. The smallest absolute Gasteiger partial charge is 0.273 e. The van der Waals surface area contributed by atoms with Gasteiger partial charge in [0, 0.05) is 31.0 Å². The molecule has 0 atom stereocenters. The molecule has 0 aliphatic rings. The summed E-state index contributed by atoms with van der Waals surface area (Å²) in [5.41, 5.74) is 1.05. The minimum atomic E-state index is -0.314. The summed E-state index contributed by atoms with van der Waals surface area (Å²) in [6.07, 6.45) is 9.72. The van der Waals surface area contributed by atoms with Gasteiger partial charge in [0.15, 0.2) is 11.6 Å². The zero-order valence-corrected chi connectivity index (χ0v) is 13.5. The fourth-order valence-corrected chi connectivity index (χ4v) is 2.41. The second-order valence-electron chi connectivity index (χ2n) is 5.26. The molecule has 4 aromatic rings. The Bertz CT molecular complexity index is 1030. The number of nitrogens with one attached hydrogen (secondary N) is 1. The number of aromatic nitrogens is 6. The van der Waals surface area contributed by atoms with Crippen molar-refractivity contribution in [3.63, 3.8) is 0 Å². The lowest BCUT2D eigenvalue weighted by atomic mass is 10.3. The quantitative estimate of drug-likeness (QED) is 0.611. The third kappa shape index (κ3) is 3.16. The predicted molar refractivity (Wildman–Crippen MR) is 94.6 cm³/mol. The highest BCUT2D eigenvalue weighted by atomic mass is 16.2. The molecule has 0 aromatic carbocycles. The summed E-state index contributed by atoms with van der Waals surface area (Å²) in [6, 6.07) is 10.6. The number of anilines is 1. The summed E-state index contributed by atoms with van der Waals surface area (Å²) in [4.78, 5) is 33.7. The molecule has 4 rings (SSSR count). The zero-order chi connectivity index (χ0) is 17.8. The largest absolute Gasteiger partial charge is 0.305 e. The van der Waals surface area contributed by atoms with Gasteiger partial charge in [-0.1, -0.05) is 6.07 Å². The van der Waals surface area contributed by atoms with Gasteiger partial charge >= 0.3 is 0 Å². The van der Waals surface area contributed by atoms with Crippen LogP contribution in [0.1, 0.15) is 10.5 Å². The van der Waals surface area contributed by atoms with Crippen molar-refractivity contribution in [3.05, 3.63) is 79.3 Å². The third-order valence-corrected chi connectivity index (χ3v) is 3.57. The van der Waals surface area contributed by atoms with E-state index in [9.17, 15) is 4.79 Å². The van der Waals surface area contributed by atoms with Crippen LogP contribution < -0.4 is 5.32 Å².